The van der Waals surface area contributed by atoms with Gasteiger partial charge in [0.15, 0.2) is 0 Å². The maximum Gasteiger partial charge on any atom is 0.418 e. The minimum atomic E-state index is -4.54. The molecule has 1 atom stereocenters. The summed E-state index contributed by atoms with van der Waals surface area (Å²) in [6, 6.07) is 7.89. The number of likely N-dealkylation sites (N-methyl/N-ethyl adjacent to an activating group) is 2. The highest BCUT2D eigenvalue weighted by atomic mass is 32.1. The first-order chi connectivity index (χ1) is 19.6. The second-order valence-electron chi connectivity index (χ2n) is 10.7. The normalized spacial score (nSPS) is 17.8. The van der Waals surface area contributed by atoms with Crippen LogP contribution >= 0.6 is 11.3 Å². The number of aromatic nitrogens is 4. The predicted molar refractivity (Wildman–Crippen MR) is 156 cm³/mol. The average Bonchev–Trinajstić information content (AvgIpc) is 3.56. The molecule has 0 radical (unpaired) electrons. The quantitative estimate of drug-likeness (QED) is 0.275. The van der Waals surface area contributed by atoms with Crippen LogP contribution in [-0.2, 0) is 13.6 Å². The number of thiazole rings is 1. The minimum Gasteiger partial charge on any atom is -0.349 e. The lowest BCUT2D eigenvalue weighted by Gasteiger charge is -2.34. The van der Waals surface area contributed by atoms with E-state index in [4.69, 9.17) is 0 Å². The zero-order valence-corrected chi connectivity index (χ0v) is 24.2. The summed E-state index contributed by atoms with van der Waals surface area (Å²) in [6.07, 6.45) is 8.37. The van der Waals surface area contributed by atoms with E-state index in [9.17, 15) is 13.2 Å². The lowest BCUT2D eigenvalue weighted by Crippen LogP contribution is -2.29. The monoisotopic (exact) mass is 581 g/mol. The van der Waals surface area contributed by atoms with Crippen molar-refractivity contribution in [3.63, 3.8) is 0 Å². The standard InChI is InChI=1S/C30H34F3N7S/c1-5-40(24-11-7-10-23(13-24)28(22-8-6-9-22)29-36-35-19-39(29)4)18-27-26(30(31,32)33)12-21(16-38(27)3)15-37(2)17-25-14-34-20-41-25/h5,7,10-14,16,18-20,22,28H,1,6,8-9,15,17H2,2-4H3/b27-18-. The fourth-order valence-corrected chi connectivity index (χ4v) is 6.13. The van der Waals surface area contributed by atoms with Gasteiger partial charge in [-0.25, -0.2) is 0 Å². The van der Waals surface area contributed by atoms with Gasteiger partial charge in [0.1, 0.15) is 12.2 Å². The molecule has 1 aliphatic carbocycles. The first-order valence-electron chi connectivity index (χ1n) is 13.5. The smallest absolute Gasteiger partial charge is 0.349 e. The number of allylic oxidation sites excluding steroid dienone is 1. The molecule has 2 aliphatic rings. The van der Waals surface area contributed by atoms with Gasteiger partial charge in [-0.05, 0) is 55.2 Å². The zero-order valence-electron chi connectivity index (χ0n) is 23.4. The Morgan fingerprint density at radius 2 is 2.02 bits per heavy atom. The molecule has 0 N–H and O–H groups in total. The molecule has 0 spiro atoms. The third kappa shape index (κ3) is 6.46. The first kappa shape index (κ1) is 28.8. The van der Waals surface area contributed by atoms with Crippen molar-refractivity contribution in [3.05, 3.63) is 107 Å². The Labute approximate surface area is 242 Å². The van der Waals surface area contributed by atoms with Gasteiger partial charge in [-0.3, -0.25) is 9.88 Å². The minimum absolute atomic E-state index is 0.0421. The molecule has 1 aliphatic heterocycles. The van der Waals surface area contributed by atoms with Gasteiger partial charge in [0.05, 0.1) is 16.8 Å². The highest BCUT2D eigenvalue weighted by Gasteiger charge is 2.39. The lowest BCUT2D eigenvalue weighted by atomic mass is 9.72. The van der Waals surface area contributed by atoms with Crippen molar-refractivity contribution in [2.75, 3.05) is 25.5 Å². The second-order valence-corrected chi connectivity index (χ2v) is 11.6. The number of hydrogen-bond acceptors (Lipinski definition) is 7. The van der Waals surface area contributed by atoms with Gasteiger partial charge >= 0.3 is 6.18 Å². The number of aryl methyl sites for hydroxylation is 1. The Morgan fingerprint density at radius 1 is 1.22 bits per heavy atom. The summed E-state index contributed by atoms with van der Waals surface area (Å²) >= 11 is 1.52. The molecule has 1 fully saturated rings. The summed E-state index contributed by atoms with van der Waals surface area (Å²) in [4.78, 5) is 10.3. The molecule has 1 saturated carbocycles. The number of halogens is 3. The van der Waals surface area contributed by atoms with Crippen LogP contribution in [-0.4, -0.2) is 56.4 Å². The topological polar surface area (TPSA) is 53.3 Å². The van der Waals surface area contributed by atoms with Crippen LogP contribution in [0.15, 0.2) is 90.4 Å². The van der Waals surface area contributed by atoms with Gasteiger partial charge in [-0.15, -0.1) is 21.5 Å². The van der Waals surface area contributed by atoms with Crippen LogP contribution in [0.5, 0.6) is 0 Å². The van der Waals surface area contributed by atoms with E-state index < -0.39 is 11.7 Å². The molecular formula is C30H34F3N7S. The molecule has 3 heterocycles. The molecule has 1 aromatic carbocycles. The summed E-state index contributed by atoms with van der Waals surface area (Å²) in [7, 11) is 5.47. The van der Waals surface area contributed by atoms with Crippen LogP contribution in [0.1, 0.15) is 41.4 Å². The predicted octanol–water partition coefficient (Wildman–Crippen LogP) is 6.44. The van der Waals surface area contributed by atoms with Crippen molar-refractivity contribution >= 4 is 17.0 Å². The van der Waals surface area contributed by atoms with Gasteiger partial charge in [0.25, 0.3) is 0 Å². The molecule has 0 amide bonds. The van der Waals surface area contributed by atoms with E-state index in [0.717, 1.165) is 34.8 Å². The fourth-order valence-electron chi connectivity index (χ4n) is 5.45. The Hall–Kier alpha value is -3.70. The molecule has 216 valence electrons. The first-order valence-corrected chi connectivity index (χ1v) is 14.4. The van der Waals surface area contributed by atoms with Crippen molar-refractivity contribution in [1.82, 2.24) is 29.5 Å². The third-order valence-electron chi connectivity index (χ3n) is 7.64. The number of hydrogen-bond donors (Lipinski definition) is 0. The summed E-state index contributed by atoms with van der Waals surface area (Å²) in [5, 5.41) is 8.48. The van der Waals surface area contributed by atoms with E-state index in [2.05, 4.69) is 27.8 Å². The third-order valence-corrected chi connectivity index (χ3v) is 8.41. The van der Waals surface area contributed by atoms with E-state index in [0.29, 0.717) is 24.6 Å². The van der Waals surface area contributed by atoms with Crippen LogP contribution in [0.3, 0.4) is 0 Å². The molecule has 0 bridgehead atoms. The summed E-state index contributed by atoms with van der Waals surface area (Å²) in [6.45, 7) is 4.89. The van der Waals surface area contributed by atoms with E-state index in [1.165, 1.54) is 41.1 Å². The van der Waals surface area contributed by atoms with Crippen molar-refractivity contribution in [2.45, 2.75) is 37.9 Å². The van der Waals surface area contributed by atoms with Gasteiger partial charge in [0, 0.05) is 68.5 Å². The molecule has 7 nitrogen and oxygen atoms in total. The Kier molecular flexibility index (Phi) is 8.46. The summed E-state index contributed by atoms with van der Waals surface area (Å²) in [5.41, 5.74) is 3.45. The van der Waals surface area contributed by atoms with Gasteiger partial charge in [-0.1, -0.05) is 25.1 Å². The van der Waals surface area contributed by atoms with Gasteiger partial charge in [-0.2, -0.15) is 13.2 Å². The second kappa shape index (κ2) is 12.0. The molecule has 5 rings (SSSR count). The Balaban J connectivity index is 1.43. The summed E-state index contributed by atoms with van der Waals surface area (Å²) < 4.78 is 45.1. The van der Waals surface area contributed by atoms with Crippen molar-refractivity contribution < 1.29 is 13.2 Å². The molecule has 3 aromatic rings. The Morgan fingerprint density at radius 3 is 2.63 bits per heavy atom. The zero-order chi connectivity index (χ0) is 29.1. The van der Waals surface area contributed by atoms with Gasteiger partial charge < -0.3 is 14.4 Å². The maximum atomic E-state index is 14.4. The lowest BCUT2D eigenvalue weighted by molar-refractivity contribution is -0.0912. The molecule has 2 aromatic heterocycles. The molecule has 0 saturated heterocycles. The van der Waals surface area contributed by atoms with Crippen LogP contribution in [0.4, 0.5) is 18.9 Å². The largest absolute Gasteiger partial charge is 0.418 e. The summed E-state index contributed by atoms with van der Waals surface area (Å²) in [5.74, 6) is 1.40. The van der Waals surface area contributed by atoms with E-state index >= 15 is 0 Å². The van der Waals surface area contributed by atoms with Crippen molar-refractivity contribution in [2.24, 2.45) is 13.0 Å². The van der Waals surface area contributed by atoms with E-state index in [1.54, 1.807) is 36.2 Å². The molecule has 41 heavy (non-hydrogen) atoms. The number of nitrogens with zero attached hydrogens (tertiary/aromatic N) is 7. The average molecular weight is 582 g/mol. The number of alkyl halides is 3. The number of anilines is 1. The van der Waals surface area contributed by atoms with Crippen molar-refractivity contribution in [3.8, 4) is 0 Å². The van der Waals surface area contributed by atoms with Crippen LogP contribution in [0.25, 0.3) is 0 Å². The highest BCUT2D eigenvalue weighted by Crippen LogP contribution is 2.43. The maximum absolute atomic E-state index is 14.4. The fraction of sp³-hybridized carbons (Fsp3) is 0.367. The number of benzene rings is 1. The highest BCUT2D eigenvalue weighted by molar-refractivity contribution is 7.09. The molecule has 11 heteroatoms. The van der Waals surface area contributed by atoms with E-state index in [-0.39, 0.29) is 11.6 Å². The van der Waals surface area contributed by atoms with Crippen LogP contribution < -0.4 is 4.90 Å². The SMILES string of the molecule is C=CN(/C=C1/C(C(F)(F)F)=CC(CN(C)Cc2cncs2)=CN1C)c1cccc(C(c2nncn2C)C2CCC2)c1. The van der Waals surface area contributed by atoms with E-state index in [1.807, 2.05) is 41.8 Å². The van der Waals surface area contributed by atoms with Crippen LogP contribution in [0, 0.1) is 5.92 Å². The molecular weight excluding hydrogens is 547 g/mol. The van der Waals surface area contributed by atoms with Crippen LogP contribution in [0.2, 0.25) is 0 Å². The Bertz CT molecular complexity index is 1450. The van der Waals surface area contributed by atoms with Crippen molar-refractivity contribution in [1.29, 1.82) is 0 Å². The number of rotatable bonds is 10. The molecule has 1 unspecified atom stereocenters. The van der Waals surface area contributed by atoms with Gasteiger partial charge in [0.2, 0.25) is 0 Å².